The van der Waals surface area contributed by atoms with Gasteiger partial charge in [0.25, 0.3) is 0 Å². The highest BCUT2D eigenvalue weighted by molar-refractivity contribution is 14.1. The zero-order valence-corrected chi connectivity index (χ0v) is 13.9. The maximum atomic E-state index is 12.3. The fraction of sp³-hybridized carbons (Fsp3) is 0.500. The minimum atomic E-state index is 0.0998. The number of benzene rings is 1. The summed E-state index contributed by atoms with van der Waals surface area (Å²) in [6.07, 6.45) is 3.96. The van der Waals surface area contributed by atoms with E-state index in [9.17, 15) is 4.79 Å². The highest BCUT2D eigenvalue weighted by Crippen LogP contribution is 2.40. The summed E-state index contributed by atoms with van der Waals surface area (Å²) in [6, 6.07) is 10.2. The van der Waals surface area contributed by atoms with Crippen LogP contribution in [0.4, 0.5) is 5.69 Å². The number of anilines is 1. The third-order valence-corrected chi connectivity index (χ3v) is 5.24. The molecule has 1 atom stereocenters. The molecule has 0 aromatic heterocycles. The number of rotatable bonds is 4. The molecule has 1 unspecified atom stereocenters. The Balaban J connectivity index is 2.26. The molecule has 0 bridgehead atoms. The molecule has 20 heavy (non-hydrogen) atoms. The Labute approximate surface area is 134 Å². The van der Waals surface area contributed by atoms with E-state index in [2.05, 4.69) is 35.6 Å². The molecule has 0 radical (unpaired) electrons. The van der Waals surface area contributed by atoms with E-state index < -0.39 is 0 Å². The van der Waals surface area contributed by atoms with Crippen LogP contribution in [0.1, 0.15) is 39.0 Å². The molecule has 0 N–H and O–H groups in total. The van der Waals surface area contributed by atoms with Gasteiger partial charge in [0.15, 0.2) is 0 Å². The fourth-order valence-corrected chi connectivity index (χ4v) is 3.57. The summed E-state index contributed by atoms with van der Waals surface area (Å²) in [5.74, 6) is 0.204. The van der Waals surface area contributed by atoms with E-state index in [1.165, 1.54) is 0 Å². The van der Waals surface area contributed by atoms with Crippen molar-refractivity contribution in [3.05, 3.63) is 27.8 Å². The van der Waals surface area contributed by atoms with Gasteiger partial charge >= 0.3 is 0 Å². The Morgan fingerprint density at radius 3 is 2.85 bits per heavy atom. The van der Waals surface area contributed by atoms with Crippen LogP contribution in [0.2, 0.25) is 0 Å². The van der Waals surface area contributed by atoms with Crippen LogP contribution in [-0.4, -0.2) is 12.5 Å². The lowest BCUT2D eigenvalue weighted by Gasteiger charge is -2.42. The largest absolute Gasteiger partial charge is 0.311 e. The average Bonchev–Trinajstić information content (AvgIpc) is 2.48. The van der Waals surface area contributed by atoms with Crippen molar-refractivity contribution in [2.24, 2.45) is 5.41 Å². The monoisotopic (exact) mass is 382 g/mol. The second-order valence-electron chi connectivity index (χ2n) is 5.44. The molecule has 1 amide bonds. The van der Waals surface area contributed by atoms with Crippen molar-refractivity contribution >= 4 is 34.2 Å². The zero-order valence-electron chi connectivity index (χ0n) is 11.7. The molecule has 1 fully saturated rings. The van der Waals surface area contributed by atoms with Gasteiger partial charge in [0.2, 0.25) is 5.91 Å². The molecule has 4 heteroatoms. The first-order valence-corrected chi connectivity index (χ1v) is 8.11. The van der Waals surface area contributed by atoms with Crippen LogP contribution in [0.5, 0.6) is 0 Å². The first-order valence-electron chi connectivity index (χ1n) is 7.04. The van der Waals surface area contributed by atoms with Crippen molar-refractivity contribution in [3.8, 4) is 6.07 Å². The van der Waals surface area contributed by atoms with Gasteiger partial charge in [0.05, 0.1) is 11.8 Å². The van der Waals surface area contributed by atoms with E-state index in [4.69, 9.17) is 5.26 Å². The fourth-order valence-electron chi connectivity index (χ4n) is 2.89. The first kappa shape index (κ1) is 15.3. The van der Waals surface area contributed by atoms with Crippen molar-refractivity contribution in [3.63, 3.8) is 0 Å². The summed E-state index contributed by atoms with van der Waals surface area (Å²) in [5.41, 5.74) is 1.11. The summed E-state index contributed by atoms with van der Waals surface area (Å²) in [6.45, 7) is 2.91. The molecule has 1 aliphatic rings. The Morgan fingerprint density at radius 2 is 2.20 bits per heavy atom. The summed E-state index contributed by atoms with van der Waals surface area (Å²) in [4.78, 5) is 14.2. The predicted molar refractivity (Wildman–Crippen MR) is 88.3 cm³/mol. The molecule has 1 aromatic rings. The van der Waals surface area contributed by atoms with Crippen molar-refractivity contribution in [2.45, 2.75) is 39.0 Å². The standard InChI is InChI=1S/C16H19IN2O/c1-2-16(9-5-11-18)10-8-15(20)19(12-16)14-7-4-3-6-13(14)17/h3-4,6-7H,2,5,8-10,12H2,1H3. The van der Waals surface area contributed by atoms with Gasteiger partial charge in [-0.25, -0.2) is 0 Å². The summed E-state index contributed by atoms with van der Waals surface area (Å²) < 4.78 is 1.10. The van der Waals surface area contributed by atoms with Gasteiger partial charge < -0.3 is 4.90 Å². The van der Waals surface area contributed by atoms with Gasteiger partial charge in [-0.1, -0.05) is 19.1 Å². The number of halogens is 1. The summed E-state index contributed by atoms with van der Waals surface area (Å²) in [7, 11) is 0. The lowest BCUT2D eigenvalue weighted by atomic mass is 9.74. The number of amides is 1. The number of hydrogen-bond donors (Lipinski definition) is 0. The number of carbonyl (C=O) groups excluding carboxylic acids is 1. The van der Waals surface area contributed by atoms with Gasteiger partial charge in [-0.2, -0.15) is 5.26 Å². The average molecular weight is 382 g/mol. The zero-order chi connectivity index (χ0) is 14.6. The van der Waals surface area contributed by atoms with Crippen LogP contribution in [0, 0.1) is 20.3 Å². The Morgan fingerprint density at radius 1 is 1.45 bits per heavy atom. The normalized spacial score (nSPS) is 22.6. The highest BCUT2D eigenvalue weighted by Gasteiger charge is 2.37. The Bertz CT molecular complexity index is 538. The SMILES string of the molecule is CCC1(CCC#N)CCC(=O)N(c2ccccc2I)C1. The topological polar surface area (TPSA) is 44.1 Å². The maximum absolute atomic E-state index is 12.3. The van der Waals surface area contributed by atoms with E-state index in [0.717, 1.165) is 35.1 Å². The third-order valence-electron chi connectivity index (χ3n) is 4.32. The Kier molecular flexibility index (Phi) is 5.03. The molecule has 106 valence electrons. The lowest BCUT2D eigenvalue weighted by molar-refractivity contribution is -0.121. The second-order valence-corrected chi connectivity index (χ2v) is 6.61. The number of para-hydroxylation sites is 1. The third kappa shape index (κ3) is 3.14. The Hall–Kier alpha value is -1.09. The molecule has 1 aliphatic heterocycles. The quantitative estimate of drug-likeness (QED) is 0.736. The van der Waals surface area contributed by atoms with E-state index in [1.807, 2.05) is 29.2 Å². The minimum absolute atomic E-state index is 0.0998. The molecular weight excluding hydrogens is 363 g/mol. The van der Waals surface area contributed by atoms with Gasteiger partial charge in [-0.3, -0.25) is 4.79 Å². The predicted octanol–water partition coefficient (Wildman–Crippen LogP) is 4.12. The molecule has 2 rings (SSSR count). The van der Waals surface area contributed by atoms with Gasteiger partial charge in [0, 0.05) is 23.0 Å². The van der Waals surface area contributed by atoms with Crippen LogP contribution in [0.3, 0.4) is 0 Å². The molecular formula is C16H19IN2O. The van der Waals surface area contributed by atoms with E-state index >= 15 is 0 Å². The molecule has 3 nitrogen and oxygen atoms in total. The van der Waals surface area contributed by atoms with Crippen molar-refractivity contribution in [2.75, 3.05) is 11.4 Å². The minimum Gasteiger partial charge on any atom is -0.311 e. The number of nitrogens with zero attached hydrogens (tertiary/aromatic N) is 2. The lowest BCUT2D eigenvalue weighted by Crippen LogP contribution is -2.46. The number of nitriles is 1. The summed E-state index contributed by atoms with van der Waals surface area (Å²) >= 11 is 2.28. The number of piperidine rings is 1. The van der Waals surface area contributed by atoms with Crippen molar-refractivity contribution < 1.29 is 4.79 Å². The molecule has 0 spiro atoms. The molecule has 1 saturated heterocycles. The molecule has 0 aliphatic carbocycles. The van der Waals surface area contributed by atoms with E-state index in [-0.39, 0.29) is 11.3 Å². The van der Waals surface area contributed by atoms with Crippen LogP contribution >= 0.6 is 22.6 Å². The number of carbonyl (C=O) groups is 1. The highest BCUT2D eigenvalue weighted by atomic mass is 127. The van der Waals surface area contributed by atoms with Gasteiger partial charge in [0.1, 0.15) is 0 Å². The van der Waals surface area contributed by atoms with E-state index in [1.54, 1.807) is 0 Å². The van der Waals surface area contributed by atoms with Crippen LogP contribution < -0.4 is 4.90 Å². The van der Waals surface area contributed by atoms with Gasteiger partial charge in [-0.05, 0) is 59.4 Å². The first-order chi connectivity index (χ1) is 9.62. The molecule has 0 saturated carbocycles. The maximum Gasteiger partial charge on any atom is 0.227 e. The van der Waals surface area contributed by atoms with Crippen molar-refractivity contribution in [1.82, 2.24) is 0 Å². The summed E-state index contributed by atoms with van der Waals surface area (Å²) in [5, 5.41) is 8.85. The van der Waals surface area contributed by atoms with Gasteiger partial charge in [-0.15, -0.1) is 0 Å². The van der Waals surface area contributed by atoms with E-state index in [0.29, 0.717) is 12.8 Å². The second kappa shape index (κ2) is 6.57. The van der Waals surface area contributed by atoms with Crippen molar-refractivity contribution in [1.29, 1.82) is 5.26 Å². The number of hydrogen-bond acceptors (Lipinski definition) is 2. The van der Waals surface area contributed by atoms with Crippen LogP contribution in [0.25, 0.3) is 0 Å². The molecule has 1 aromatic carbocycles. The molecule has 1 heterocycles. The van der Waals surface area contributed by atoms with Crippen LogP contribution in [-0.2, 0) is 4.79 Å². The smallest absolute Gasteiger partial charge is 0.227 e. The van der Waals surface area contributed by atoms with Crippen LogP contribution in [0.15, 0.2) is 24.3 Å².